The van der Waals surface area contributed by atoms with E-state index in [0.717, 1.165) is 15.6 Å². The van der Waals surface area contributed by atoms with Crippen LogP contribution in [-0.4, -0.2) is 20.7 Å². The summed E-state index contributed by atoms with van der Waals surface area (Å²) < 4.78 is 3.01. The number of hydrogen-bond donors (Lipinski definition) is 2. The molecule has 1 atom stereocenters. The van der Waals surface area contributed by atoms with Gasteiger partial charge in [0.15, 0.2) is 10.6 Å². The molecule has 0 aliphatic heterocycles. The number of carbonyl (C=O) groups is 1. The number of benzene rings is 2. The van der Waals surface area contributed by atoms with Gasteiger partial charge in [-0.25, -0.2) is 0 Å². The van der Waals surface area contributed by atoms with Gasteiger partial charge < -0.3 is 5.32 Å². The van der Waals surface area contributed by atoms with E-state index in [1.165, 1.54) is 0 Å². The van der Waals surface area contributed by atoms with E-state index in [-0.39, 0.29) is 18.5 Å². The first kappa shape index (κ1) is 18.8. The van der Waals surface area contributed by atoms with Crippen LogP contribution in [0.15, 0.2) is 53.0 Å². The number of halogens is 2. The predicted molar refractivity (Wildman–Crippen MR) is 109 cm³/mol. The third-order valence-electron chi connectivity index (χ3n) is 3.91. The minimum atomic E-state index is -0.152. The maximum absolute atomic E-state index is 12.5. The standard InChI is InChI=1S/C18H16BrClN4OS/c1-11(14-4-2-3-5-15(14)19)21-16(25)10-24-17(22-23-18(24)26)12-6-8-13(20)9-7-12/h2-9,11H,10H2,1H3,(H,21,25)(H,23,26)/t11-/m0/s1. The summed E-state index contributed by atoms with van der Waals surface area (Å²) in [4.78, 5) is 12.5. The summed E-state index contributed by atoms with van der Waals surface area (Å²) in [5.74, 6) is 0.441. The lowest BCUT2D eigenvalue weighted by Gasteiger charge is -2.16. The largest absolute Gasteiger partial charge is 0.348 e. The Balaban J connectivity index is 1.78. The third-order valence-corrected chi connectivity index (χ3v) is 5.20. The first-order valence-electron chi connectivity index (χ1n) is 7.90. The Morgan fingerprint density at radius 1 is 1.31 bits per heavy atom. The zero-order valence-corrected chi connectivity index (χ0v) is 17.0. The minimum absolute atomic E-state index is 0.0715. The molecule has 0 aliphatic carbocycles. The molecular weight excluding hydrogens is 436 g/mol. The molecule has 2 aromatic carbocycles. The molecule has 26 heavy (non-hydrogen) atoms. The number of aromatic amines is 1. The number of amides is 1. The molecule has 0 radical (unpaired) electrons. The fraction of sp³-hybridized carbons (Fsp3) is 0.167. The highest BCUT2D eigenvalue weighted by molar-refractivity contribution is 9.10. The van der Waals surface area contributed by atoms with Crippen LogP contribution in [0.5, 0.6) is 0 Å². The van der Waals surface area contributed by atoms with Crippen molar-refractivity contribution in [1.82, 2.24) is 20.1 Å². The number of rotatable bonds is 5. The van der Waals surface area contributed by atoms with Crippen molar-refractivity contribution >= 4 is 45.7 Å². The molecule has 1 heterocycles. The lowest BCUT2D eigenvalue weighted by molar-refractivity contribution is -0.122. The van der Waals surface area contributed by atoms with Gasteiger partial charge in [-0.15, -0.1) is 0 Å². The highest BCUT2D eigenvalue weighted by Gasteiger charge is 2.16. The van der Waals surface area contributed by atoms with E-state index in [2.05, 4.69) is 31.4 Å². The fourth-order valence-corrected chi connectivity index (χ4v) is 3.57. The smallest absolute Gasteiger partial charge is 0.240 e. The second kappa shape index (κ2) is 8.16. The highest BCUT2D eigenvalue weighted by atomic mass is 79.9. The molecule has 0 unspecified atom stereocenters. The predicted octanol–water partition coefficient (Wildman–Crippen LogP) is 4.90. The van der Waals surface area contributed by atoms with E-state index in [1.54, 1.807) is 16.7 Å². The van der Waals surface area contributed by atoms with Crippen molar-refractivity contribution in [2.45, 2.75) is 19.5 Å². The van der Waals surface area contributed by atoms with Crippen molar-refractivity contribution in [2.24, 2.45) is 0 Å². The van der Waals surface area contributed by atoms with E-state index in [1.807, 2.05) is 43.3 Å². The molecule has 8 heteroatoms. The van der Waals surface area contributed by atoms with Crippen LogP contribution in [0, 0.1) is 4.77 Å². The third kappa shape index (κ3) is 4.23. The van der Waals surface area contributed by atoms with Gasteiger partial charge in [0.25, 0.3) is 0 Å². The average Bonchev–Trinajstić information content (AvgIpc) is 2.96. The second-order valence-corrected chi connectivity index (χ2v) is 7.43. The number of aromatic nitrogens is 3. The molecule has 0 spiro atoms. The molecular formula is C18H16BrClN4OS. The zero-order chi connectivity index (χ0) is 18.7. The summed E-state index contributed by atoms with van der Waals surface area (Å²) in [5.41, 5.74) is 1.84. The van der Waals surface area contributed by atoms with Crippen LogP contribution < -0.4 is 5.32 Å². The molecule has 1 aromatic heterocycles. The van der Waals surface area contributed by atoms with Crippen molar-refractivity contribution in [1.29, 1.82) is 0 Å². The maximum atomic E-state index is 12.5. The van der Waals surface area contributed by atoms with Crippen molar-refractivity contribution in [3.8, 4) is 11.4 Å². The highest BCUT2D eigenvalue weighted by Crippen LogP contribution is 2.23. The molecule has 0 saturated heterocycles. The van der Waals surface area contributed by atoms with Crippen LogP contribution in [-0.2, 0) is 11.3 Å². The normalized spacial score (nSPS) is 12.0. The van der Waals surface area contributed by atoms with E-state index in [4.69, 9.17) is 23.8 Å². The molecule has 5 nitrogen and oxygen atoms in total. The SMILES string of the molecule is C[C@H](NC(=O)Cn1c(-c2ccc(Cl)cc2)n[nH]c1=S)c1ccccc1Br. The van der Waals surface area contributed by atoms with Gasteiger partial charge in [-0.2, -0.15) is 5.10 Å². The van der Waals surface area contributed by atoms with Crippen LogP contribution >= 0.6 is 39.7 Å². The van der Waals surface area contributed by atoms with Gasteiger partial charge in [-0.05, 0) is 55.0 Å². The van der Waals surface area contributed by atoms with Gasteiger partial charge in [0, 0.05) is 15.1 Å². The number of carbonyl (C=O) groups excluding carboxylic acids is 1. The number of hydrogen-bond acceptors (Lipinski definition) is 3. The van der Waals surface area contributed by atoms with E-state index >= 15 is 0 Å². The molecule has 1 amide bonds. The van der Waals surface area contributed by atoms with Gasteiger partial charge in [0.1, 0.15) is 6.54 Å². The van der Waals surface area contributed by atoms with Crippen molar-refractivity contribution in [3.63, 3.8) is 0 Å². The molecule has 2 N–H and O–H groups in total. The summed E-state index contributed by atoms with van der Waals surface area (Å²) in [6, 6.07) is 14.9. The Bertz CT molecular complexity index is 983. The number of nitrogens with zero attached hydrogens (tertiary/aromatic N) is 2. The van der Waals surface area contributed by atoms with E-state index in [9.17, 15) is 4.79 Å². The summed E-state index contributed by atoms with van der Waals surface area (Å²) in [7, 11) is 0. The summed E-state index contributed by atoms with van der Waals surface area (Å²) in [6.45, 7) is 2.01. The topological polar surface area (TPSA) is 62.7 Å². The van der Waals surface area contributed by atoms with Crippen LogP contribution in [0.25, 0.3) is 11.4 Å². The Labute approximate surface area is 169 Å². The van der Waals surface area contributed by atoms with Gasteiger partial charge >= 0.3 is 0 Å². The Kier molecular flexibility index (Phi) is 5.90. The Hall–Kier alpha value is -1.96. The van der Waals surface area contributed by atoms with E-state index < -0.39 is 0 Å². The molecule has 3 rings (SSSR count). The lowest BCUT2D eigenvalue weighted by atomic mass is 10.1. The number of H-pyrrole nitrogens is 1. The summed E-state index contributed by atoms with van der Waals surface area (Å²) in [5, 5.41) is 10.6. The van der Waals surface area contributed by atoms with Gasteiger partial charge in [-0.3, -0.25) is 14.5 Å². The van der Waals surface area contributed by atoms with Crippen molar-refractivity contribution in [3.05, 3.63) is 68.4 Å². The maximum Gasteiger partial charge on any atom is 0.240 e. The molecule has 0 bridgehead atoms. The molecule has 3 aromatic rings. The molecule has 0 aliphatic rings. The minimum Gasteiger partial charge on any atom is -0.348 e. The quantitative estimate of drug-likeness (QED) is 0.542. The van der Waals surface area contributed by atoms with Crippen LogP contribution in [0.2, 0.25) is 5.02 Å². The lowest BCUT2D eigenvalue weighted by Crippen LogP contribution is -2.30. The Morgan fingerprint density at radius 3 is 2.69 bits per heavy atom. The molecule has 134 valence electrons. The Morgan fingerprint density at radius 2 is 2.00 bits per heavy atom. The first-order valence-corrected chi connectivity index (χ1v) is 9.48. The summed E-state index contributed by atoms with van der Waals surface area (Å²) >= 11 is 14.7. The summed E-state index contributed by atoms with van der Waals surface area (Å²) in [6.07, 6.45) is 0. The first-order chi connectivity index (χ1) is 12.5. The van der Waals surface area contributed by atoms with Crippen LogP contribution in [0.1, 0.15) is 18.5 Å². The fourth-order valence-electron chi connectivity index (χ4n) is 2.62. The van der Waals surface area contributed by atoms with Crippen molar-refractivity contribution in [2.75, 3.05) is 0 Å². The zero-order valence-electron chi connectivity index (χ0n) is 13.9. The second-order valence-electron chi connectivity index (χ2n) is 5.76. The van der Waals surface area contributed by atoms with Crippen molar-refractivity contribution < 1.29 is 4.79 Å². The monoisotopic (exact) mass is 450 g/mol. The molecule has 0 saturated carbocycles. The van der Waals surface area contributed by atoms with Crippen LogP contribution in [0.3, 0.4) is 0 Å². The van der Waals surface area contributed by atoms with Gasteiger partial charge in [0.05, 0.1) is 6.04 Å². The van der Waals surface area contributed by atoms with E-state index in [0.29, 0.717) is 15.6 Å². The number of nitrogens with one attached hydrogen (secondary N) is 2. The average molecular weight is 452 g/mol. The van der Waals surface area contributed by atoms with Gasteiger partial charge in [-0.1, -0.05) is 45.7 Å². The van der Waals surface area contributed by atoms with Gasteiger partial charge in [0.2, 0.25) is 5.91 Å². The molecule has 0 fully saturated rings. The van der Waals surface area contributed by atoms with Crippen LogP contribution in [0.4, 0.5) is 0 Å².